The van der Waals surface area contributed by atoms with Crippen molar-refractivity contribution >= 4 is 12.1 Å². The molecule has 2 aliphatic rings. The zero-order chi connectivity index (χ0) is 39.2. The zero-order valence-corrected chi connectivity index (χ0v) is 33.9. The van der Waals surface area contributed by atoms with Gasteiger partial charge in [-0.2, -0.15) is 0 Å². The fraction of sp³-hybridized carbons (Fsp3) is 0.535. The molecule has 0 radical (unpaired) electrons. The first-order valence-corrected chi connectivity index (χ1v) is 18.3. The van der Waals surface area contributed by atoms with E-state index in [1.807, 2.05) is 80.5 Å². The summed E-state index contributed by atoms with van der Waals surface area (Å²) in [4.78, 5) is 34.0. The van der Waals surface area contributed by atoms with Gasteiger partial charge in [0.1, 0.15) is 17.2 Å². The highest BCUT2D eigenvalue weighted by Gasteiger charge is 2.57. The summed E-state index contributed by atoms with van der Waals surface area (Å²) in [6.45, 7) is 30.1. The van der Waals surface area contributed by atoms with Crippen molar-refractivity contribution in [2.75, 3.05) is 0 Å². The molecule has 0 aromatic heterocycles. The molecule has 9 heteroatoms. The predicted octanol–water partition coefficient (Wildman–Crippen LogP) is 9.29. The van der Waals surface area contributed by atoms with Gasteiger partial charge in [-0.3, -0.25) is 9.80 Å². The van der Waals surface area contributed by atoms with E-state index in [0.717, 1.165) is 44.5 Å². The van der Waals surface area contributed by atoms with Crippen molar-refractivity contribution in [2.24, 2.45) is 0 Å². The summed E-state index contributed by atoms with van der Waals surface area (Å²) in [6, 6.07) is 4.86. The molecule has 5 rings (SSSR count). The molecule has 282 valence electrons. The molecule has 9 nitrogen and oxygen atoms in total. The highest BCUT2D eigenvalue weighted by Crippen LogP contribution is 2.43. The fourth-order valence-electron chi connectivity index (χ4n) is 7.59. The van der Waals surface area contributed by atoms with E-state index in [4.69, 9.17) is 4.74 Å². The number of ether oxygens (including phenoxy) is 1. The van der Waals surface area contributed by atoms with Crippen LogP contribution in [0.4, 0.5) is 9.59 Å². The molecule has 2 atom stereocenters. The van der Waals surface area contributed by atoms with Gasteiger partial charge >= 0.3 is 12.1 Å². The third-order valence-electron chi connectivity index (χ3n) is 11.1. The minimum Gasteiger partial charge on any atom is -0.507 e. The van der Waals surface area contributed by atoms with E-state index in [2.05, 4.69) is 41.5 Å². The maximum Gasteiger partial charge on any atom is 0.330 e. The Kier molecular flexibility index (Phi) is 9.75. The number of rotatable bonds is 6. The second kappa shape index (κ2) is 13.0. The topological polar surface area (TPSA) is 117 Å². The number of aromatic hydroxyl groups is 3. The lowest BCUT2D eigenvalue weighted by molar-refractivity contribution is 0.100. The Morgan fingerprint density at radius 1 is 0.519 bits per heavy atom. The molecule has 2 saturated heterocycles. The Bertz CT molecular complexity index is 1860. The van der Waals surface area contributed by atoms with Crippen molar-refractivity contribution in [3.8, 4) is 17.2 Å². The molecule has 2 heterocycles. The smallest absolute Gasteiger partial charge is 0.330 e. The van der Waals surface area contributed by atoms with Crippen LogP contribution in [0.1, 0.15) is 129 Å². The van der Waals surface area contributed by atoms with Gasteiger partial charge in [0.15, 0.2) is 12.5 Å². The van der Waals surface area contributed by atoms with Crippen LogP contribution < -0.4 is 0 Å². The molecule has 2 unspecified atom stereocenters. The van der Waals surface area contributed by atoms with Crippen LogP contribution in [0.3, 0.4) is 0 Å². The number of carbonyl (C=O) groups excluding carboxylic acids is 2. The van der Waals surface area contributed by atoms with E-state index >= 15 is 0 Å². The van der Waals surface area contributed by atoms with Crippen molar-refractivity contribution in [1.29, 1.82) is 0 Å². The first-order chi connectivity index (χ1) is 23.8. The third-order valence-corrected chi connectivity index (χ3v) is 11.1. The highest BCUT2D eigenvalue weighted by molar-refractivity contribution is 5.95. The van der Waals surface area contributed by atoms with Crippen LogP contribution in [0.2, 0.25) is 0 Å². The van der Waals surface area contributed by atoms with Gasteiger partial charge in [0.25, 0.3) is 0 Å². The lowest BCUT2D eigenvalue weighted by atomic mass is 9.82. The van der Waals surface area contributed by atoms with Crippen molar-refractivity contribution in [3.63, 3.8) is 0 Å². The summed E-state index contributed by atoms with van der Waals surface area (Å²) in [6.07, 6.45) is -1.43. The van der Waals surface area contributed by atoms with Gasteiger partial charge < -0.3 is 20.1 Å². The number of carbonyl (C=O) groups is 2. The summed E-state index contributed by atoms with van der Waals surface area (Å²) >= 11 is 0. The van der Waals surface area contributed by atoms with E-state index in [-0.39, 0.29) is 53.1 Å². The lowest BCUT2D eigenvalue weighted by Gasteiger charge is -2.32. The molecular weight excluding hydrogens is 654 g/mol. The molecule has 4 amide bonds. The summed E-state index contributed by atoms with van der Waals surface area (Å²) < 4.78 is 6.18. The summed E-state index contributed by atoms with van der Waals surface area (Å²) in [5, 5.41) is 34.0. The van der Waals surface area contributed by atoms with Gasteiger partial charge in [-0.25, -0.2) is 14.5 Å². The van der Waals surface area contributed by atoms with E-state index in [1.54, 1.807) is 9.80 Å². The Morgan fingerprint density at radius 3 is 1.06 bits per heavy atom. The van der Waals surface area contributed by atoms with Crippen LogP contribution in [-0.2, 0) is 40.6 Å². The average Bonchev–Trinajstić information content (AvgIpc) is 3.81. The first-order valence-electron chi connectivity index (χ1n) is 18.3. The largest absolute Gasteiger partial charge is 0.507 e. The number of phenolic OH excluding ortho intramolecular Hbond substituents is 3. The molecule has 3 aromatic carbocycles. The van der Waals surface area contributed by atoms with E-state index in [1.165, 1.54) is 4.90 Å². The molecule has 0 bridgehead atoms. The summed E-state index contributed by atoms with van der Waals surface area (Å²) in [5.74, 6) is 0.552. The van der Waals surface area contributed by atoms with Crippen molar-refractivity contribution < 1.29 is 29.6 Å². The van der Waals surface area contributed by atoms with Crippen LogP contribution in [0.25, 0.3) is 0 Å². The van der Waals surface area contributed by atoms with Crippen LogP contribution >= 0.6 is 0 Å². The maximum atomic E-state index is 14.8. The van der Waals surface area contributed by atoms with E-state index < -0.39 is 24.5 Å². The van der Waals surface area contributed by atoms with Crippen LogP contribution in [-0.4, -0.2) is 54.5 Å². The Morgan fingerprint density at radius 2 is 0.788 bits per heavy atom. The number of amides is 4. The predicted molar refractivity (Wildman–Crippen MR) is 205 cm³/mol. The van der Waals surface area contributed by atoms with Crippen molar-refractivity contribution in [3.05, 3.63) is 85.0 Å². The number of nitrogens with zero attached hydrogens (tertiary/aromatic N) is 3. The fourth-order valence-corrected chi connectivity index (χ4v) is 7.59. The Labute approximate surface area is 310 Å². The number of fused-ring (bicyclic) bond motifs is 1. The SMILES string of the molecule is Cc1cc(C(C)(C)C)c(O)c(C)c1CN1C(=O)N(Cc2c(C)cc(C(C)(C)C)c(O)c2C)C2OC2N(Cc2c(C)cc(C(C)(C)C)c(O)c2C)C1=O. The summed E-state index contributed by atoms with van der Waals surface area (Å²) in [7, 11) is 0. The van der Waals surface area contributed by atoms with Crippen LogP contribution in [0, 0.1) is 41.5 Å². The van der Waals surface area contributed by atoms with Gasteiger partial charge in [-0.15, -0.1) is 0 Å². The van der Waals surface area contributed by atoms with Gasteiger partial charge in [-0.05, 0) is 125 Å². The molecule has 2 fully saturated rings. The number of epoxide rings is 1. The minimum atomic E-state index is -0.716. The lowest BCUT2D eigenvalue weighted by Crippen LogP contribution is -2.48. The van der Waals surface area contributed by atoms with Gasteiger partial charge in [0.05, 0.1) is 19.6 Å². The average molecular weight is 714 g/mol. The third kappa shape index (κ3) is 6.84. The molecular formula is C43H59N3O6. The molecule has 2 aliphatic heterocycles. The summed E-state index contributed by atoms with van der Waals surface area (Å²) in [5.41, 5.74) is 8.57. The monoisotopic (exact) mass is 713 g/mol. The first kappa shape index (κ1) is 39.0. The molecule has 52 heavy (non-hydrogen) atoms. The van der Waals surface area contributed by atoms with Crippen molar-refractivity contribution in [2.45, 2.75) is 152 Å². The molecule has 3 N–H and O–H groups in total. The quantitative estimate of drug-likeness (QED) is 0.219. The Hall–Kier alpha value is -4.24. The van der Waals surface area contributed by atoms with Crippen molar-refractivity contribution in [1.82, 2.24) is 14.7 Å². The number of benzene rings is 3. The number of hydrogen-bond acceptors (Lipinski definition) is 6. The van der Waals surface area contributed by atoms with Gasteiger partial charge in [0, 0.05) is 0 Å². The van der Waals surface area contributed by atoms with Crippen LogP contribution in [0.15, 0.2) is 18.2 Å². The normalized spacial score (nSPS) is 18.2. The molecule has 3 aromatic rings. The second-order valence-corrected chi connectivity index (χ2v) is 18.2. The zero-order valence-electron chi connectivity index (χ0n) is 33.9. The number of phenols is 3. The Balaban J connectivity index is 1.62. The van der Waals surface area contributed by atoms with E-state index in [0.29, 0.717) is 22.3 Å². The molecule has 0 saturated carbocycles. The molecule has 0 aliphatic carbocycles. The second-order valence-electron chi connectivity index (χ2n) is 18.2. The standard InChI is InChI=1S/C43H59N3O6/c1-22-16-31(41(7,8)9)34(47)25(4)28(22)19-44-37-38(52-37)45(20-29-23(2)17-32(42(10,11)12)35(48)26(29)5)40(51)46(39(44)50)21-30-24(3)18-33(43(13,14)15)36(49)27(30)6/h16-18,37-38,47-49H,19-21H2,1-15H3. The van der Waals surface area contributed by atoms with Crippen LogP contribution in [0.5, 0.6) is 17.2 Å². The number of aryl methyl sites for hydroxylation is 3. The van der Waals surface area contributed by atoms with Gasteiger partial charge in [0.2, 0.25) is 0 Å². The van der Waals surface area contributed by atoms with Gasteiger partial charge in [-0.1, -0.05) is 80.5 Å². The number of imide groups is 1. The maximum absolute atomic E-state index is 14.8. The highest BCUT2D eigenvalue weighted by atomic mass is 16.6. The number of urea groups is 2. The minimum absolute atomic E-state index is 0.0574. The molecule has 0 spiro atoms. The van der Waals surface area contributed by atoms with E-state index in [9.17, 15) is 24.9 Å². The number of hydrogen-bond donors (Lipinski definition) is 3.